The van der Waals surface area contributed by atoms with Crippen LogP contribution in [0.3, 0.4) is 0 Å². The third kappa shape index (κ3) is 5.82. The number of nitriles is 6. The standard InChI is InChI=1S/C34H8F8N6O2/c35-25-3-1-15(5-27(25)49-33(37,38)39)29-23(13-47)19-7-20-22(8-21(19)31(29)17(9-43)10-44)32(18(11-45)12-46)30(24(20)14-48)16-2-4-26(36)28(6-16)50-34(40,41)42/h1-8H. The van der Waals surface area contributed by atoms with Gasteiger partial charge in [-0.15, -0.1) is 26.3 Å². The van der Waals surface area contributed by atoms with Crippen LogP contribution >= 0.6 is 0 Å². The van der Waals surface area contributed by atoms with E-state index in [1.807, 2.05) is 12.1 Å². The predicted octanol–water partition coefficient (Wildman–Crippen LogP) is 8.26. The summed E-state index contributed by atoms with van der Waals surface area (Å²) >= 11 is 0. The first-order chi connectivity index (χ1) is 23.6. The van der Waals surface area contributed by atoms with Crippen LogP contribution in [0.4, 0.5) is 35.1 Å². The molecule has 0 heterocycles. The number of ether oxygens (including phenoxy) is 2. The lowest BCUT2D eigenvalue weighted by atomic mass is 9.89. The molecule has 3 aromatic rings. The van der Waals surface area contributed by atoms with Crippen molar-refractivity contribution in [3.05, 3.63) is 105 Å². The maximum atomic E-state index is 14.3. The first-order valence-corrected chi connectivity index (χ1v) is 13.3. The minimum Gasteiger partial charge on any atom is -0.403 e. The molecule has 0 N–H and O–H groups in total. The van der Waals surface area contributed by atoms with Gasteiger partial charge in [-0.2, -0.15) is 31.6 Å². The van der Waals surface area contributed by atoms with Gasteiger partial charge in [-0.05, 0) is 58.7 Å². The van der Waals surface area contributed by atoms with Gasteiger partial charge in [0.05, 0.1) is 11.1 Å². The van der Waals surface area contributed by atoms with E-state index >= 15 is 0 Å². The number of allylic oxidation sites excluding steroid dienone is 8. The SMILES string of the molecule is N#CC(C#N)=C1C(c2ccc(F)c(OC(F)(F)F)c2)=C(C#N)c2cc3c(cc21)C(=C(C#N)C#N)C(c1ccc(F)c(OC(F)(F)F)c1)=C3C#N. The summed E-state index contributed by atoms with van der Waals surface area (Å²) in [5.41, 5.74) is -4.45. The van der Waals surface area contributed by atoms with Gasteiger partial charge >= 0.3 is 12.7 Å². The molecule has 0 bridgehead atoms. The maximum Gasteiger partial charge on any atom is 0.573 e. The van der Waals surface area contributed by atoms with Gasteiger partial charge in [0.1, 0.15) is 47.6 Å². The van der Waals surface area contributed by atoms with Crippen LogP contribution in [0.15, 0.2) is 59.7 Å². The van der Waals surface area contributed by atoms with Crippen LogP contribution in [-0.2, 0) is 0 Å². The highest BCUT2D eigenvalue weighted by Gasteiger charge is 2.39. The molecule has 50 heavy (non-hydrogen) atoms. The summed E-state index contributed by atoms with van der Waals surface area (Å²) in [6, 6.07) is 16.8. The Morgan fingerprint density at radius 2 is 0.840 bits per heavy atom. The third-order valence-corrected chi connectivity index (χ3v) is 7.30. The van der Waals surface area contributed by atoms with Crippen molar-refractivity contribution in [1.29, 1.82) is 31.6 Å². The number of hydrogen-bond donors (Lipinski definition) is 0. The molecule has 16 heteroatoms. The molecule has 0 saturated heterocycles. The van der Waals surface area contributed by atoms with Crippen molar-refractivity contribution in [2.24, 2.45) is 0 Å². The molecule has 242 valence electrons. The highest BCUT2D eigenvalue weighted by Crippen LogP contribution is 2.55. The van der Waals surface area contributed by atoms with Crippen LogP contribution in [0.1, 0.15) is 33.4 Å². The Labute approximate surface area is 275 Å². The minimum absolute atomic E-state index is 0.106. The van der Waals surface area contributed by atoms with Gasteiger partial charge in [-0.1, -0.05) is 12.1 Å². The first kappa shape index (κ1) is 33.9. The molecule has 0 amide bonds. The highest BCUT2D eigenvalue weighted by molar-refractivity contribution is 6.29. The van der Waals surface area contributed by atoms with E-state index in [1.54, 1.807) is 24.3 Å². The van der Waals surface area contributed by atoms with Gasteiger partial charge in [0.2, 0.25) is 0 Å². The van der Waals surface area contributed by atoms with E-state index in [4.69, 9.17) is 0 Å². The lowest BCUT2D eigenvalue weighted by Crippen LogP contribution is -2.18. The van der Waals surface area contributed by atoms with Crippen molar-refractivity contribution < 1.29 is 44.6 Å². The van der Waals surface area contributed by atoms with Gasteiger partial charge in [0.25, 0.3) is 0 Å². The smallest absolute Gasteiger partial charge is 0.403 e. The van der Waals surface area contributed by atoms with Crippen LogP contribution < -0.4 is 9.47 Å². The second kappa shape index (κ2) is 12.3. The van der Waals surface area contributed by atoms with Crippen molar-refractivity contribution in [2.45, 2.75) is 12.7 Å². The van der Waals surface area contributed by atoms with Crippen molar-refractivity contribution in [3.63, 3.8) is 0 Å². The number of hydrogen-bond acceptors (Lipinski definition) is 8. The van der Waals surface area contributed by atoms with Gasteiger partial charge in [0, 0.05) is 33.4 Å². The zero-order valence-electron chi connectivity index (χ0n) is 24.1. The Morgan fingerprint density at radius 1 is 0.500 bits per heavy atom. The second-order valence-electron chi connectivity index (χ2n) is 10.0. The molecule has 0 radical (unpaired) electrons. The number of benzene rings is 3. The average Bonchev–Trinajstić information content (AvgIpc) is 3.54. The van der Waals surface area contributed by atoms with Crippen LogP contribution in [0.2, 0.25) is 0 Å². The van der Waals surface area contributed by atoms with Gasteiger partial charge in [0.15, 0.2) is 23.1 Å². The Kier molecular flexibility index (Phi) is 8.37. The Balaban J connectivity index is 1.88. The lowest BCUT2D eigenvalue weighted by Gasteiger charge is -2.14. The van der Waals surface area contributed by atoms with E-state index in [1.165, 1.54) is 12.1 Å². The van der Waals surface area contributed by atoms with E-state index in [2.05, 4.69) is 9.47 Å². The molecule has 2 aliphatic rings. The number of nitrogens with zero attached hydrogens (tertiary/aromatic N) is 6. The summed E-state index contributed by atoms with van der Waals surface area (Å²) in [7, 11) is 0. The quantitative estimate of drug-likeness (QED) is 0.196. The molecule has 5 rings (SSSR count). The summed E-state index contributed by atoms with van der Waals surface area (Å²) in [5, 5.41) is 60.0. The first-order valence-electron chi connectivity index (χ1n) is 13.3. The van der Waals surface area contributed by atoms with E-state index in [0.717, 1.165) is 12.1 Å². The van der Waals surface area contributed by atoms with Gasteiger partial charge < -0.3 is 9.47 Å². The summed E-state index contributed by atoms with van der Waals surface area (Å²) < 4.78 is 114. The van der Waals surface area contributed by atoms with Gasteiger partial charge in [-0.3, -0.25) is 0 Å². The van der Waals surface area contributed by atoms with E-state index in [9.17, 15) is 66.7 Å². The largest absolute Gasteiger partial charge is 0.573 e. The molecule has 0 fully saturated rings. The minimum atomic E-state index is -5.34. The molecular formula is C34H8F8N6O2. The second-order valence-corrected chi connectivity index (χ2v) is 10.0. The third-order valence-electron chi connectivity index (χ3n) is 7.30. The zero-order valence-corrected chi connectivity index (χ0v) is 24.1. The van der Waals surface area contributed by atoms with Crippen LogP contribution in [0.5, 0.6) is 11.5 Å². The maximum absolute atomic E-state index is 14.3. The number of halogens is 8. The molecule has 8 nitrogen and oxygen atoms in total. The van der Waals surface area contributed by atoms with E-state index in [-0.39, 0.29) is 66.8 Å². The number of rotatable bonds is 4. The van der Waals surface area contributed by atoms with Crippen LogP contribution in [-0.4, -0.2) is 12.7 Å². The summed E-state index contributed by atoms with van der Waals surface area (Å²) in [5.74, 6) is -5.50. The molecule has 0 unspecified atom stereocenters. The van der Waals surface area contributed by atoms with Crippen LogP contribution in [0.25, 0.3) is 33.4 Å². The van der Waals surface area contributed by atoms with Crippen LogP contribution in [0, 0.1) is 79.6 Å². The molecule has 2 aliphatic carbocycles. The molecular weight excluding hydrogens is 676 g/mol. The topological polar surface area (TPSA) is 161 Å². The Hall–Kier alpha value is -7.40. The molecule has 0 aliphatic heterocycles. The highest BCUT2D eigenvalue weighted by atomic mass is 19.4. The monoisotopic (exact) mass is 684 g/mol. The molecule has 0 spiro atoms. The Bertz CT molecular complexity index is 2250. The average molecular weight is 684 g/mol. The molecule has 0 aromatic heterocycles. The Morgan fingerprint density at radius 3 is 1.14 bits per heavy atom. The summed E-state index contributed by atoms with van der Waals surface area (Å²) in [6.07, 6.45) is -10.7. The molecule has 0 atom stereocenters. The number of alkyl halides is 6. The van der Waals surface area contributed by atoms with E-state index < -0.39 is 47.0 Å². The normalized spacial score (nSPS) is 13.2. The molecule has 3 aromatic carbocycles. The van der Waals surface area contributed by atoms with Crippen molar-refractivity contribution in [3.8, 4) is 47.9 Å². The van der Waals surface area contributed by atoms with Crippen molar-refractivity contribution in [1.82, 2.24) is 0 Å². The fourth-order valence-corrected chi connectivity index (χ4v) is 5.54. The summed E-state index contributed by atoms with van der Waals surface area (Å²) in [4.78, 5) is 0. The number of fused-ring (bicyclic) bond motifs is 2. The van der Waals surface area contributed by atoms with Crippen molar-refractivity contribution in [2.75, 3.05) is 0 Å². The summed E-state index contributed by atoms with van der Waals surface area (Å²) in [6.45, 7) is 0. The lowest BCUT2D eigenvalue weighted by molar-refractivity contribution is -0.276. The van der Waals surface area contributed by atoms with Gasteiger partial charge in [-0.25, -0.2) is 8.78 Å². The van der Waals surface area contributed by atoms with E-state index in [0.29, 0.717) is 24.3 Å². The fraction of sp³-hybridized carbons (Fsp3) is 0.0588. The fourth-order valence-electron chi connectivity index (χ4n) is 5.54. The molecule has 0 saturated carbocycles. The predicted molar refractivity (Wildman–Crippen MR) is 154 cm³/mol. The zero-order chi connectivity index (χ0) is 36.7. The van der Waals surface area contributed by atoms with Crippen molar-refractivity contribution >= 4 is 33.4 Å².